The summed E-state index contributed by atoms with van der Waals surface area (Å²) in [6.45, 7) is 12.6. The van der Waals surface area contributed by atoms with Crippen LogP contribution in [0.3, 0.4) is 0 Å². The fourth-order valence-electron chi connectivity index (χ4n) is 1.30. The minimum Gasteiger partial charge on any atom is -0.311 e. The molecule has 0 spiro atoms. The Morgan fingerprint density at radius 1 is 1.44 bits per heavy atom. The summed E-state index contributed by atoms with van der Waals surface area (Å²) in [4.78, 5) is 4.43. The van der Waals surface area contributed by atoms with Crippen molar-refractivity contribution in [3.8, 4) is 0 Å². The van der Waals surface area contributed by atoms with E-state index < -0.39 is 0 Å². The third-order valence-corrected chi connectivity index (χ3v) is 3.06. The van der Waals surface area contributed by atoms with Gasteiger partial charge >= 0.3 is 0 Å². The fraction of sp³-hybridized carbons (Fsp3) is 0.750. The monoisotopic (exact) mass is 241 g/mol. The van der Waals surface area contributed by atoms with Crippen LogP contribution in [-0.4, -0.2) is 23.1 Å². The second-order valence-corrected chi connectivity index (χ2v) is 6.33. The highest BCUT2D eigenvalue weighted by molar-refractivity contribution is 7.09. The van der Waals surface area contributed by atoms with Crippen LogP contribution >= 0.6 is 11.3 Å². The molecule has 0 amide bonds. The van der Waals surface area contributed by atoms with Crippen molar-refractivity contribution in [3.63, 3.8) is 0 Å². The van der Waals surface area contributed by atoms with Gasteiger partial charge in [-0.05, 0) is 34.6 Å². The molecule has 0 aromatic carbocycles. The number of aromatic nitrogens is 1. The summed E-state index contributed by atoms with van der Waals surface area (Å²) in [6, 6.07) is 0.459. The standard InChI is InChI=1S/C12H23N3S/c1-9(6-14-12(3,4)5)13-7-11-8-16-10(2)15-11/h8-9,13-14H,6-7H2,1-5H3. The van der Waals surface area contributed by atoms with Gasteiger partial charge in [-0.3, -0.25) is 0 Å². The van der Waals surface area contributed by atoms with Crippen LogP contribution < -0.4 is 10.6 Å². The molecule has 92 valence electrons. The molecule has 1 heterocycles. The average molecular weight is 241 g/mol. The van der Waals surface area contributed by atoms with Crippen molar-refractivity contribution in [1.29, 1.82) is 0 Å². The number of aryl methyl sites for hydroxylation is 1. The molecule has 0 saturated heterocycles. The summed E-state index contributed by atoms with van der Waals surface area (Å²) in [5.74, 6) is 0. The molecule has 0 saturated carbocycles. The minimum atomic E-state index is 0.188. The molecule has 2 N–H and O–H groups in total. The second kappa shape index (κ2) is 5.75. The zero-order valence-corrected chi connectivity index (χ0v) is 11.7. The maximum atomic E-state index is 4.43. The van der Waals surface area contributed by atoms with Gasteiger partial charge in [-0.15, -0.1) is 11.3 Å². The van der Waals surface area contributed by atoms with Gasteiger partial charge < -0.3 is 10.6 Å². The van der Waals surface area contributed by atoms with Gasteiger partial charge in [-0.25, -0.2) is 4.98 Å². The second-order valence-electron chi connectivity index (χ2n) is 5.27. The van der Waals surface area contributed by atoms with Crippen LogP contribution in [-0.2, 0) is 6.54 Å². The molecule has 0 bridgehead atoms. The smallest absolute Gasteiger partial charge is 0.0897 e. The van der Waals surface area contributed by atoms with Gasteiger partial charge in [0.25, 0.3) is 0 Å². The highest BCUT2D eigenvalue weighted by atomic mass is 32.1. The van der Waals surface area contributed by atoms with Crippen LogP contribution in [0.1, 0.15) is 38.4 Å². The molecule has 1 unspecified atom stereocenters. The largest absolute Gasteiger partial charge is 0.311 e. The van der Waals surface area contributed by atoms with Crippen molar-refractivity contribution in [2.45, 2.75) is 52.7 Å². The molecule has 16 heavy (non-hydrogen) atoms. The van der Waals surface area contributed by atoms with Crippen molar-refractivity contribution in [2.75, 3.05) is 6.54 Å². The zero-order chi connectivity index (χ0) is 12.2. The first-order valence-electron chi connectivity index (χ1n) is 5.76. The van der Waals surface area contributed by atoms with E-state index in [-0.39, 0.29) is 5.54 Å². The van der Waals surface area contributed by atoms with Gasteiger partial charge in [0.2, 0.25) is 0 Å². The number of rotatable bonds is 5. The van der Waals surface area contributed by atoms with Gasteiger partial charge in [0.05, 0.1) is 10.7 Å². The molecule has 1 aromatic rings. The van der Waals surface area contributed by atoms with E-state index in [2.05, 4.69) is 48.7 Å². The lowest BCUT2D eigenvalue weighted by Gasteiger charge is -2.23. The number of nitrogens with one attached hydrogen (secondary N) is 2. The van der Waals surface area contributed by atoms with Crippen molar-refractivity contribution < 1.29 is 0 Å². The topological polar surface area (TPSA) is 37.0 Å². The fourth-order valence-corrected chi connectivity index (χ4v) is 1.91. The van der Waals surface area contributed by atoms with E-state index in [0.717, 1.165) is 23.8 Å². The predicted molar refractivity (Wildman–Crippen MR) is 70.9 cm³/mol. The van der Waals surface area contributed by atoms with Crippen LogP contribution in [0.5, 0.6) is 0 Å². The maximum Gasteiger partial charge on any atom is 0.0897 e. The van der Waals surface area contributed by atoms with Crippen LogP contribution in [0.4, 0.5) is 0 Å². The zero-order valence-electron chi connectivity index (χ0n) is 10.9. The molecule has 0 aliphatic heterocycles. The number of hydrogen-bond donors (Lipinski definition) is 2. The third kappa shape index (κ3) is 5.58. The Bertz CT molecular complexity index is 314. The van der Waals surface area contributed by atoms with E-state index in [1.165, 1.54) is 0 Å². The lowest BCUT2D eigenvalue weighted by molar-refractivity contribution is 0.387. The number of thiazole rings is 1. The summed E-state index contributed by atoms with van der Waals surface area (Å²) in [5, 5.41) is 10.2. The number of hydrogen-bond acceptors (Lipinski definition) is 4. The van der Waals surface area contributed by atoms with Crippen molar-refractivity contribution in [2.24, 2.45) is 0 Å². The van der Waals surface area contributed by atoms with E-state index in [9.17, 15) is 0 Å². The summed E-state index contributed by atoms with van der Waals surface area (Å²) in [7, 11) is 0. The molecule has 0 radical (unpaired) electrons. The van der Waals surface area contributed by atoms with E-state index >= 15 is 0 Å². The first-order valence-corrected chi connectivity index (χ1v) is 6.64. The summed E-state index contributed by atoms with van der Waals surface area (Å²) < 4.78 is 0. The SMILES string of the molecule is Cc1nc(CNC(C)CNC(C)(C)C)cs1. The van der Waals surface area contributed by atoms with Crippen molar-refractivity contribution in [3.05, 3.63) is 16.1 Å². The van der Waals surface area contributed by atoms with Crippen molar-refractivity contribution in [1.82, 2.24) is 15.6 Å². The molecule has 1 atom stereocenters. The normalized spacial score (nSPS) is 14.1. The molecule has 0 aliphatic rings. The first-order chi connectivity index (χ1) is 7.37. The highest BCUT2D eigenvalue weighted by Crippen LogP contribution is 2.07. The Kier molecular flexibility index (Phi) is 4.89. The predicted octanol–water partition coefficient (Wildman–Crippen LogP) is 2.32. The molecule has 1 rings (SSSR count). The maximum absolute atomic E-state index is 4.43. The van der Waals surface area contributed by atoms with E-state index in [4.69, 9.17) is 0 Å². The third-order valence-electron chi connectivity index (χ3n) is 2.24. The quantitative estimate of drug-likeness (QED) is 0.830. The first kappa shape index (κ1) is 13.6. The Morgan fingerprint density at radius 2 is 2.12 bits per heavy atom. The minimum absolute atomic E-state index is 0.188. The Labute approximate surface area is 103 Å². The molecule has 0 aliphatic carbocycles. The van der Waals surface area contributed by atoms with Crippen LogP contribution in [0, 0.1) is 6.92 Å². The molecule has 4 heteroatoms. The Hall–Kier alpha value is -0.450. The van der Waals surface area contributed by atoms with Gasteiger partial charge in [-0.2, -0.15) is 0 Å². The van der Waals surface area contributed by atoms with Crippen LogP contribution in [0.2, 0.25) is 0 Å². The van der Waals surface area contributed by atoms with Gasteiger partial charge in [0, 0.05) is 30.1 Å². The molecule has 0 fully saturated rings. The van der Waals surface area contributed by atoms with Crippen LogP contribution in [0.25, 0.3) is 0 Å². The summed E-state index contributed by atoms with van der Waals surface area (Å²) in [6.07, 6.45) is 0. The summed E-state index contributed by atoms with van der Waals surface area (Å²) in [5.41, 5.74) is 1.33. The molecular formula is C12H23N3S. The molecular weight excluding hydrogens is 218 g/mol. The molecule has 3 nitrogen and oxygen atoms in total. The number of nitrogens with zero attached hydrogens (tertiary/aromatic N) is 1. The van der Waals surface area contributed by atoms with Crippen LogP contribution in [0.15, 0.2) is 5.38 Å². The lowest BCUT2D eigenvalue weighted by atomic mass is 10.1. The van der Waals surface area contributed by atoms with Gasteiger partial charge in [-0.1, -0.05) is 0 Å². The van der Waals surface area contributed by atoms with Crippen molar-refractivity contribution >= 4 is 11.3 Å². The Morgan fingerprint density at radius 3 is 2.62 bits per heavy atom. The summed E-state index contributed by atoms with van der Waals surface area (Å²) >= 11 is 1.71. The van der Waals surface area contributed by atoms with E-state index in [1.807, 2.05) is 6.92 Å². The lowest BCUT2D eigenvalue weighted by Crippen LogP contribution is -2.44. The van der Waals surface area contributed by atoms with Gasteiger partial charge in [0.15, 0.2) is 0 Å². The average Bonchev–Trinajstić information content (AvgIpc) is 2.57. The molecule has 1 aromatic heterocycles. The van der Waals surface area contributed by atoms with E-state index in [1.54, 1.807) is 11.3 Å². The highest BCUT2D eigenvalue weighted by Gasteiger charge is 2.10. The van der Waals surface area contributed by atoms with E-state index in [0.29, 0.717) is 6.04 Å². The Balaban J connectivity index is 2.22. The van der Waals surface area contributed by atoms with Gasteiger partial charge in [0.1, 0.15) is 0 Å².